The quantitative estimate of drug-likeness (QED) is 0.0641. The molecule has 4 aromatic carbocycles. The van der Waals surface area contributed by atoms with Crippen molar-refractivity contribution in [1.82, 2.24) is 5.32 Å². The zero-order valence-electron chi connectivity index (χ0n) is 28.0. The average molecular weight is 695 g/mol. The van der Waals surface area contributed by atoms with Crippen LogP contribution in [0.4, 0.5) is 0 Å². The number of primary sulfonamides is 1. The van der Waals surface area contributed by atoms with Crippen molar-refractivity contribution < 1.29 is 38.4 Å². The predicted molar refractivity (Wildman–Crippen MR) is 192 cm³/mol. The minimum Gasteiger partial charge on any atom is -0.508 e. The number of aliphatic hydroxyl groups is 2. The fourth-order valence-electron chi connectivity index (χ4n) is 5.26. The van der Waals surface area contributed by atoms with Crippen LogP contribution in [0.25, 0.3) is 10.8 Å². The molecule has 0 aliphatic rings. The Morgan fingerprint density at radius 1 is 0.796 bits per heavy atom. The lowest BCUT2D eigenvalue weighted by Crippen LogP contribution is -2.22. The Kier molecular flexibility index (Phi) is 17.2. The van der Waals surface area contributed by atoms with Gasteiger partial charge in [0.2, 0.25) is 10.0 Å². The van der Waals surface area contributed by atoms with Crippen molar-refractivity contribution in [2.24, 2.45) is 5.14 Å². The second-order valence-corrected chi connectivity index (χ2v) is 13.6. The molecule has 4 aromatic rings. The highest BCUT2D eigenvalue weighted by Crippen LogP contribution is 2.22. The van der Waals surface area contributed by atoms with E-state index in [4.69, 9.17) is 15.0 Å². The molecular weight excluding hydrogens is 644 g/mol. The van der Waals surface area contributed by atoms with Crippen molar-refractivity contribution in [3.63, 3.8) is 0 Å². The van der Waals surface area contributed by atoms with E-state index >= 15 is 0 Å². The second-order valence-electron chi connectivity index (χ2n) is 12.0. The van der Waals surface area contributed by atoms with Crippen molar-refractivity contribution in [3.05, 3.63) is 107 Å². The number of aryl methyl sites for hydroxylation is 2. The number of benzene rings is 4. The number of nitrogens with one attached hydrogen (secondary N) is 1. The van der Waals surface area contributed by atoms with Gasteiger partial charge in [-0.1, -0.05) is 73.5 Å². The number of ether oxygens (including phenoxy) is 1. The van der Waals surface area contributed by atoms with Crippen molar-refractivity contribution >= 4 is 26.8 Å². The smallest absolute Gasteiger partial charge is 0.303 e. The molecule has 49 heavy (non-hydrogen) atoms. The summed E-state index contributed by atoms with van der Waals surface area (Å²) in [5, 5.41) is 48.4. The topological polar surface area (TPSA) is 179 Å². The lowest BCUT2D eigenvalue weighted by atomic mass is 10.0. The van der Waals surface area contributed by atoms with E-state index in [-0.39, 0.29) is 23.7 Å². The predicted octanol–water partition coefficient (Wildman–Crippen LogP) is 5.61. The Hall–Kier alpha value is -3.84. The number of carbonyl (C=O) groups is 1. The molecule has 0 aliphatic heterocycles. The van der Waals surface area contributed by atoms with Gasteiger partial charge in [-0.25, -0.2) is 13.6 Å². The summed E-state index contributed by atoms with van der Waals surface area (Å²) < 4.78 is 28.5. The molecule has 0 heterocycles. The summed E-state index contributed by atoms with van der Waals surface area (Å²) in [6, 6.07) is 25.7. The van der Waals surface area contributed by atoms with Crippen LogP contribution in [0.3, 0.4) is 0 Å². The largest absolute Gasteiger partial charge is 0.508 e. The third-order valence-corrected chi connectivity index (χ3v) is 8.97. The van der Waals surface area contributed by atoms with E-state index in [2.05, 4.69) is 17.4 Å². The van der Waals surface area contributed by atoms with Crippen molar-refractivity contribution in [3.8, 4) is 5.75 Å². The molecule has 0 radical (unpaired) electrons. The standard InChI is InChI=1S/C25H38N2O6S.C13H12O2/c26-34(31,32)23-10-7-9-20(16-23)8-3-6-15-33-14-5-2-1-4-13-27-18-25(30)21-11-12-24(29)22(17-21)19-28;14-13(15)8-6-10-5-7-11-3-1-2-4-12(11)9-10/h7,9-12,16-17,25,27-30H,1-6,8,13-15,18-19H2,(H2,26,31,32);1-5,7,9H,6,8H2,(H,14,15)/t25-;/m0./s1. The number of carboxylic acids is 1. The van der Waals surface area contributed by atoms with Crippen LogP contribution in [0.2, 0.25) is 0 Å². The van der Waals surface area contributed by atoms with Crippen LogP contribution < -0.4 is 10.5 Å². The Labute approximate surface area is 289 Å². The van der Waals surface area contributed by atoms with Gasteiger partial charge in [-0.15, -0.1) is 0 Å². The summed E-state index contributed by atoms with van der Waals surface area (Å²) in [5.74, 6) is -0.716. The van der Waals surface area contributed by atoms with E-state index in [1.165, 1.54) is 22.9 Å². The van der Waals surface area contributed by atoms with Gasteiger partial charge in [0.15, 0.2) is 0 Å². The Balaban J connectivity index is 0.000000357. The lowest BCUT2D eigenvalue weighted by molar-refractivity contribution is -0.136. The normalized spacial score (nSPS) is 12.0. The molecule has 10 nitrogen and oxygen atoms in total. The monoisotopic (exact) mass is 694 g/mol. The minimum absolute atomic E-state index is 0.0310. The van der Waals surface area contributed by atoms with Crippen LogP contribution in [0, 0.1) is 0 Å². The third kappa shape index (κ3) is 15.1. The maximum Gasteiger partial charge on any atom is 0.303 e. The van der Waals surface area contributed by atoms with Gasteiger partial charge in [0.1, 0.15) is 5.75 Å². The van der Waals surface area contributed by atoms with Crippen LogP contribution in [-0.4, -0.2) is 61.1 Å². The molecule has 1 atom stereocenters. The average Bonchev–Trinajstić information content (AvgIpc) is 3.09. The molecular formula is C38H50N2O8S. The first-order valence-corrected chi connectivity index (χ1v) is 18.3. The number of aliphatic hydroxyl groups excluding tert-OH is 2. The van der Waals surface area contributed by atoms with Gasteiger partial charge in [-0.3, -0.25) is 4.79 Å². The number of hydrogen-bond donors (Lipinski definition) is 6. The fraction of sp³-hybridized carbons (Fsp3) is 0.395. The number of rotatable bonds is 20. The summed E-state index contributed by atoms with van der Waals surface area (Å²) in [4.78, 5) is 10.6. The number of carboxylic acid groups (broad SMARTS) is 1. The van der Waals surface area contributed by atoms with Crippen LogP contribution in [0.1, 0.15) is 73.3 Å². The summed E-state index contributed by atoms with van der Waals surface area (Å²) in [5.41, 5.74) is 3.12. The van der Waals surface area contributed by atoms with Crippen LogP contribution >= 0.6 is 0 Å². The van der Waals surface area contributed by atoms with Crippen molar-refractivity contribution in [1.29, 1.82) is 0 Å². The maximum atomic E-state index is 11.4. The van der Waals surface area contributed by atoms with E-state index in [1.54, 1.807) is 24.3 Å². The Morgan fingerprint density at radius 3 is 2.24 bits per heavy atom. The molecule has 266 valence electrons. The molecule has 4 rings (SSSR count). The number of nitrogens with two attached hydrogens (primary N) is 1. The summed E-state index contributed by atoms with van der Waals surface area (Å²) in [6.45, 7) is 2.41. The molecule has 0 bridgehead atoms. The summed E-state index contributed by atoms with van der Waals surface area (Å²) >= 11 is 0. The van der Waals surface area contributed by atoms with Crippen LogP contribution in [0.15, 0.2) is 89.8 Å². The molecule has 0 spiro atoms. The van der Waals surface area contributed by atoms with E-state index in [0.717, 1.165) is 69.2 Å². The highest BCUT2D eigenvalue weighted by atomic mass is 32.2. The number of sulfonamides is 1. The van der Waals surface area contributed by atoms with Gasteiger partial charge in [-0.05, 0) is 96.8 Å². The number of unbranched alkanes of at least 4 members (excludes halogenated alkanes) is 4. The SMILES string of the molecule is NS(=O)(=O)c1cccc(CCCCOCCCCCCNC[C@H](O)c2ccc(O)c(CO)c2)c1.O=C(O)CCc1ccc2ccccc2c1. The van der Waals surface area contributed by atoms with Gasteiger partial charge in [0, 0.05) is 31.7 Å². The first-order chi connectivity index (χ1) is 23.6. The molecule has 0 saturated carbocycles. The van der Waals surface area contributed by atoms with Crippen molar-refractivity contribution in [2.45, 2.75) is 75.4 Å². The minimum atomic E-state index is -3.66. The van der Waals surface area contributed by atoms with E-state index in [0.29, 0.717) is 30.7 Å². The van der Waals surface area contributed by atoms with Gasteiger partial charge >= 0.3 is 5.97 Å². The van der Waals surface area contributed by atoms with Crippen LogP contribution in [0.5, 0.6) is 5.75 Å². The van der Waals surface area contributed by atoms with Gasteiger partial charge in [0.05, 0.1) is 17.6 Å². The highest BCUT2D eigenvalue weighted by molar-refractivity contribution is 7.89. The number of hydrogen-bond acceptors (Lipinski definition) is 8. The van der Waals surface area contributed by atoms with E-state index < -0.39 is 22.1 Å². The van der Waals surface area contributed by atoms with Crippen molar-refractivity contribution in [2.75, 3.05) is 26.3 Å². The molecule has 0 aliphatic carbocycles. The zero-order chi connectivity index (χ0) is 35.5. The molecule has 0 amide bonds. The van der Waals surface area contributed by atoms with Gasteiger partial charge in [-0.2, -0.15) is 0 Å². The first-order valence-electron chi connectivity index (χ1n) is 16.8. The van der Waals surface area contributed by atoms with E-state index in [1.807, 2.05) is 36.4 Å². The number of phenols is 1. The number of aromatic hydroxyl groups is 1. The summed E-state index contributed by atoms with van der Waals surface area (Å²) in [6.07, 6.45) is 6.95. The third-order valence-electron chi connectivity index (χ3n) is 8.06. The molecule has 0 unspecified atom stereocenters. The summed E-state index contributed by atoms with van der Waals surface area (Å²) in [7, 11) is -3.66. The molecule has 0 fully saturated rings. The fourth-order valence-corrected chi connectivity index (χ4v) is 5.85. The second kappa shape index (κ2) is 21.3. The molecule has 11 heteroatoms. The molecule has 0 aromatic heterocycles. The maximum absolute atomic E-state index is 11.4. The number of aliphatic carboxylic acids is 1. The Morgan fingerprint density at radius 2 is 1.51 bits per heavy atom. The lowest BCUT2D eigenvalue weighted by Gasteiger charge is -2.14. The van der Waals surface area contributed by atoms with Gasteiger partial charge < -0.3 is 30.5 Å². The zero-order valence-corrected chi connectivity index (χ0v) is 28.8. The van der Waals surface area contributed by atoms with E-state index in [9.17, 15) is 28.5 Å². The molecule has 0 saturated heterocycles. The highest BCUT2D eigenvalue weighted by Gasteiger charge is 2.10. The van der Waals surface area contributed by atoms with Crippen LogP contribution in [-0.2, 0) is 39.0 Å². The number of fused-ring (bicyclic) bond motifs is 1. The van der Waals surface area contributed by atoms with Gasteiger partial charge in [0.25, 0.3) is 0 Å². The first kappa shape index (κ1) is 39.6. The molecule has 7 N–H and O–H groups in total. The Bertz CT molecular complexity index is 1700.